The minimum Gasteiger partial charge on any atom is -0.366 e. The number of carbonyl (C=O) groups excluding carboxylic acids is 2. The van der Waals surface area contributed by atoms with E-state index in [0.29, 0.717) is 56.7 Å². The molecule has 35 heavy (non-hydrogen) atoms. The second kappa shape index (κ2) is 9.13. The van der Waals surface area contributed by atoms with E-state index in [2.05, 4.69) is 40.3 Å². The van der Waals surface area contributed by atoms with Crippen molar-refractivity contribution in [2.75, 3.05) is 36.4 Å². The van der Waals surface area contributed by atoms with Gasteiger partial charge in [0.15, 0.2) is 0 Å². The van der Waals surface area contributed by atoms with Crippen LogP contribution in [0.5, 0.6) is 0 Å². The summed E-state index contributed by atoms with van der Waals surface area (Å²) < 4.78 is 0. The quantitative estimate of drug-likeness (QED) is 0.609. The highest BCUT2D eigenvalue weighted by Crippen LogP contribution is 2.31. The summed E-state index contributed by atoms with van der Waals surface area (Å²) in [5.74, 6) is 1.24. The van der Waals surface area contributed by atoms with Crippen molar-refractivity contribution in [3.63, 3.8) is 0 Å². The zero-order valence-electron chi connectivity index (χ0n) is 20.7. The standard InChI is InChI=1S/C26H31N7O2/c1-16(2)33-15-21-23(25(33)35)29-26(32-10-8-31(9-11-32)18(4)34)30-24(21)28-14-19-12-17(3)22-20(13-19)6-5-7-27-22/h5-7,12-13,16H,8-11,14-15H2,1-4H3,(H,28,29,30). The lowest BCUT2D eigenvalue weighted by atomic mass is 10.1. The molecule has 4 heterocycles. The molecule has 1 fully saturated rings. The first-order valence-electron chi connectivity index (χ1n) is 12.1. The van der Waals surface area contributed by atoms with E-state index in [4.69, 9.17) is 9.97 Å². The predicted octanol–water partition coefficient (Wildman–Crippen LogP) is 2.98. The van der Waals surface area contributed by atoms with E-state index in [9.17, 15) is 9.59 Å². The van der Waals surface area contributed by atoms with Crippen LogP contribution in [0.4, 0.5) is 11.8 Å². The van der Waals surface area contributed by atoms with Gasteiger partial charge >= 0.3 is 0 Å². The van der Waals surface area contributed by atoms with E-state index in [1.807, 2.05) is 35.9 Å². The summed E-state index contributed by atoms with van der Waals surface area (Å²) in [6.07, 6.45) is 1.81. The third-order valence-corrected chi connectivity index (χ3v) is 6.83. The molecular formula is C26H31N7O2. The van der Waals surface area contributed by atoms with Crippen LogP contribution < -0.4 is 10.2 Å². The van der Waals surface area contributed by atoms with Crippen LogP contribution in [-0.2, 0) is 17.9 Å². The number of anilines is 2. The number of aryl methyl sites for hydroxylation is 1. The number of carbonyl (C=O) groups is 2. The number of nitrogens with one attached hydrogen (secondary N) is 1. The Morgan fingerprint density at radius 2 is 1.91 bits per heavy atom. The fourth-order valence-corrected chi connectivity index (χ4v) is 4.84. The SMILES string of the molecule is CC(=O)N1CCN(c2nc(NCc3cc(C)c4ncccc4c3)c3c(n2)C(=O)N(C(C)C)C3)CC1. The lowest BCUT2D eigenvalue weighted by Gasteiger charge is -2.34. The number of benzene rings is 1. The van der Waals surface area contributed by atoms with E-state index < -0.39 is 0 Å². The molecule has 2 aliphatic heterocycles. The first-order valence-corrected chi connectivity index (χ1v) is 12.1. The molecule has 182 valence electrons. The Morgan fingerprint density at radius 3 is 2.63 bits per heavy atom. The maximum absolute atomic E-state index is 13.2. The van der Waals surface area contributed by atoms with Gasteiger partial charge in [-0.15, -0.1) is 0 Å². The van der Waals surface area contributed by atoms with Crippen molar-refractivity contribution in [3.8, 4) is 0 Å². The monoisotopic (exact) mass is 473 g/mol. The van der Waals surface area contributed by atoms with Crippen LogP contribution in [0.25, 0.3) is 10.9 Å². The summed E-state index contributed by atoms with van der Waals surface area (Å²) in [5, 5.41) is 4.60. The molecule has 0 saturated carbocycles. The summed E-state index contributed by atoms with van der Waals surface area (Å²) in [6.45, 7) is 11.3. The molecule has 2 aromatic heterocycles. The van der Waals surface area contributed by atoms with Gasteiger partial charge in [-0.25, -0.2) is 4.98 Å². The van der Waals surface area contributed by atoms with Gasteiger partial charge in [0, 0.05) is 62.8 Å². The van der Waals surface area contributed by atoms with Crippen LogP contribution in [-0.4, -0.2) is 68.8 Å². The molecule has 3 aromatic rings. The number of hydrogen-bond donors (Lipinski definition) is 1. The highest BCUT2D eigenvalue weighted by molar-refractivity contribution is 5.98. The molecule has 9 nitrogen and oxygen atoms in total. The van der Waals surface area contributed by atoms with E-state index in [1.54, 1.807) is 6.92 Å². The fourth-order valence-electron chi connectivity index (χ4n) is 4.84. The summed E-state index contributed by atoms with van der Waals surface area (Å²) >= 11 is 0. The second-order valence-electron chi connectivity index (χ2n) is 9.56. The van der Waals surface area contributed by atoms with Gasteiger partial charge < -0.3 is 20.0 Å². The minimum absolute atomic E-state index is 0.0586. The molecule has 0 bridgehead atoms. The number of fused-ring (bicyclic) bond motifs is 2. The highest BCUT2D eigenvalue weighted by Gasteiger charge is 2.35. The van der Waals surface area contributed by atoms with Gasteiger partial charge in [0.1, 0.15) is 11.5 Å². The van der Waals surface area contributed by atoms with E-state index in [1.165, 1.54) is 0 Å². The average molecular weight is 474 g/mol. The Bertz CT molecular complexity index is 1300. The molecular weight excluding hydrogens is 442 g/mol. The number of rotatable bonds is 5. The molecule has 1 saturated heterocycles. The molecule has 5 rings (SSSR count). The Kier molecular flexibility index (Phi) is 6.00. The van der Waals surface area contributed by atoms with Crippen molar-refractivity contribution in [1.82, 2.24) is 24.8 Å². The molecule has 0 radical (unpaired) electrons. The normalized spacial score (nSPS) is 15.8. The number of piperazine rings is 1. The molecule has 1 aromatic carbocycles. The number of nitrogens with zero attached hydrogens (tertiary/aromatic N) is 6. The van der Waals surface area contributed by atoms with Crippen LogP contribution in [0.15, 0.2) is 30.5 Å². The van der Waals surface area contributed by atoms with Gasteiger partial charge in [-0.05, 0) is 44.0 Å². The Labute approximate surface area is 205 Å². The van der Waals surface area contributed by atoms with E-state index in [-0.39, 0.29) is 17.9 Å². The van der Waals surface area contributed by atoms with Crippen LogP contribution in [0.1, 0.15) is 48.0 Å². The lowest BCUT2D eigenvalue weighted by Crippen LogP contribution is -2.48. The Hall–Kier alpha value is -3.75. The van der Waals surface area contributed by atoms with Crippen molar-refractivity contribution >= 4 is 34.5 Å². The Balaban J connectivity index is 1.45. The molecule has 0 unspecified atom stereocenters. The number of hydrogen-bond acceptors (Lipinski definition) is 7. The van der Waals surface area contributed by atoms with Crippen LogP contribution in [0.2, 0.25) is 0 Å². The Morgan fingerprint density at radius 1 is 1.14 bits per heavy atom. The summed E-state index contributed by atoms with van der Waals surface area (Å²) in [5.41, 5.74) is 4.56. The molecule has 9 heteroatoms. The third-order valence-electron chi connectivity index (χ3n) is 6.83. The topological polar surface area (TPSA) is 94.6 Å². The molecule has 0 atom stereocenters. The smallest absolute Gasteiger partial charge is 0.273 e. The van der Waals surface area contributed by atoms with E-state index in [0.717, 1.165) is 27.6 Å². The maximum Gasteiger partial charge on any atom is 0.273 e. The molecule has 1 N–H and O–H groups in total. The lowest BCUT2D eigenvalue weighted by molar-refractivity contribution is -0.129. The average Bonchev–Trinajstić information content (AvgIpc) is 3.19. The fraction of sp³-hybridized carbons (Fsp3) is 0.423. The van der Waals surface area contributed by atoms with Gasteiger partial charge in [-0.3, -0.25) is 14.6 Å². The van der Waals surface area contributed by atoms with Crippen LogP contribution in [0, 0.1) is 6.92 Å². The molecule has 0 spiro atoms. The summed E-state index contributed by atoms with van der Waals surface area (Å²) in [4.78, 5) is 44.7. The van der Waals surface area contributed by atoms with Crippen molar-refractivity contribution in [2.24, 2.45) is 0 Å². The number of pyridine rings is 1. The van der Waals surface area contributed by atoms with Gasteiger partial charge in [0.25, 0.3) is 5.91 Å². The van der Waals surface area contributed by atoms with Gasteiger partial charge in [-0.1, -0.05) is 12.1 Å². The molecule has 2 aliphatic rings. The van der Waals surface area contributed by atoms with Gasteiger partial charge in [0.05, 0.1) is 12.1 Å². The molecule has 2 amide bonds. The van der Waals surface area contributed by atoms with Crippen LogP contribution in [0.3, 0.4) is 0 Å². The van der Waals surface area contributed by atoms with Gasteiger partial charge in [-0.2, -0.15) is 4.98 Å². The maximum atomic E-state index is 13.2. The number of amides is 2. The third kappa shape index (κ3) is 4.38. The predicted molar refractivity (Wildman–Crippen MR) is 135 cm³/mol. The van der Waals surface area contributed by atoms with Crippen molar-refractivity contribution < 1.29 is 9.59 Å². The van der Waals surface area contributed by atoms with Crippen molar-refractivity contribution in [1.29, 1.82) is 0 Å². The molecule has 0 aliphatic carbocycles. The minimum atomic E-state index is -0.0586. The zero-order valence-corrected chi connectivity index (χ0v) is 20.7. The summed E-state index contributed by atoms with van der Waals surface area (Å²) in [7, 11) is 0. The highest BCUT2D eigenvalue weighted by atomic mass is 16.2. The first kappa shape index (κ1) is 23.0. The van der Waals surface area contributed by atoms with Gasteiger partial charge in [0.2, 0.25) is 11.9 Å². The second-order valence-corrected chi connectivity index (χ2v) is 9.56. The zero-order chi connectivity index (χ0) is 24.7. The van der Waals surface area contributed by atoms with Crippen LogP contribution >= 0.6 is 0 Å². The van der Waals surface area contributed by atoms with E-state index >= 15 is 0 Å². The first-order chi connectivity index (χ1) is 16.8. The van der Waals surface area contributed by atoms with Crippen molar-refractivity contribution in [2.45, 2.75) is 46.8 Å². The summed E-state index contributed by atoms with van der Waals surface area (Å²) in [6, 6.07) is 8.36. The largest absolute Gasteiger partial charge is 0.366 e. The van der Waals surface area contributed by atoms with Crippen molar-refractivity contribution in [3.05, 3.63) is 52.8 Å². The number of aromatic nitrogens is 3.